The van der Waals surface area contributed by atoms with Gasteiger partial charge < -0.3 is 9.64 Å². The molecule has 1 saturated heterocycles. The molecule has 0 spiro atoms. The maximum atomic E-state index is 13.3. The smallest absolute Gasteiger partial charge is 0.410 e. The van der Waals surface area contributed by atoms with E-state index in [9.17, 15) is 13.2 Å². The molecule has 1 aromatic heterocycles. The Morgan fingerprint density at radius 3 is 2.36 bits per heavy atom. The summed E-state index contributed by atoms with van der Waals surface area (Å²) in [6.07, 6.45) is 2.93. The van der Waals surface area contributed by atoms with Crippen LogP contribution in [0, 0.1) is 0 Å². The van der Waals surface area contributed by atoms with Crippen LogP contribution in [0.25, 0.3) is 10.8 Å². The van der Waals surface area contributed by atoms with Crippen LogP contribution in [-0.4, -0.2) is 59.5 Å². The van der Waals surface area contributed by atoms with Crippen molar-refractivity contribution in [2.24, 2.45) is 0 Å². The van der Waals surface area contributed by atoms with Gasteiger partial charge in [-0.2, -0.15) is 4.31 Å². The Morgan fingerprint density at radius 2 is 1.75 bits per heavy atom. The summed E-state index contributed by atoms with van der Waals surface area (Å²) in [5.74, 6) is 0. The zero-order valence-corrected chi connectivity index (χ0v) is 17.7. The molecule has 1 amide bonds. The highest BCUT2D eigenvalue weighted by Gasteiger charge is 2.40. The number of carbonyl (C=O) groups is 1. The highest BCUT2D eigenvalue weighted by molar-refractivity contribution is 7.89. The average Bonchev–Trinajstić information content (AvgIpc) is 2.59. The normalized spacial score (nSPS) is 21.7. The third-order valence-electron chi connectivity index (χ3n) is 4.68. The van der Waals surface area contributed by atoms with Crippen molar-refractivity contribution in [1.29, 1.82) is 0 Å². The molecule has 3 rings (SSSR count). The third-order valence-corrected chi connectivity index (χ3v) is 6.80. The van der Waals surface area contributed by atoms with Crippen molar-refractivity contribution < 1.29 is 17.9 Å². The van der Waals surface area contributed by atoms with E-state index in [1.165, 1.54) is 4.31 Å². The number of hydrogen-bond acceptors (Lipinski definition) is 5. The van der Waals surface area contributed by atoms with E-state index < -0.39 is 21.7 Å². The van der Waals surface area contributed by atoms with Crippen LogP contribution < -0.4 is 0 Å². The molecule has 152 valence electrons. The molecule has 8 heteroatoms. The van der Waals surface area contributed by atoms with Crippen LogP contribution in [0.4, 0.5) is 4.79 Å². The lowest BCUT2D eigenvalue weighted by atomic mass is 10.1. The summed E-state index contributed by atoms with van der Waals surface area (Å²) in [5.41, 5.74) is -0.591. The monoisotopic (exact) mass is 405 g/mol. The summed E-state index contributed by atoms with van der Waals surface area (Å²) in [7, 11) is -3.70. The first kappa shape index (κ1) is 20.5. The molecule has 1 aromatic carbocycles. The van der Waals surface area contributed by atoms with Crippen LogP contribution in [0.5, 0.6) is 0 Å². The summed E-state index contributed by atoms with van der Waals surface area (Å²) < 4.78 is 33.6. The number of sulfonamides is 1. The second-order valence-electron chi connectivity index (χ2n) is 8.30. The minimum absolute atomic E-state index is 0.246. The van der Waals surface area contributed by atoms with Gasteiger partial charge in [0.05, 0.1) is 4.90 Å². The Morgan fingerprint density at radius 1 is 1.11 bits per heavy atom. The van der Waals surface area contributed by atoms with Gasteiger partial charge in [-0.3, -0.25) is 4.98 Å². The van der Waals surface area contributed by atoms with E-state index >= 15 is 0 Å². The molecule has 0 radical (unpaired) electrons. The van der Waals surface area contributed by atoms with Crippen LogP contribution in [0.2, 0.25) is 0 Å². The van der Waals surface area contributed by atoms with Crippen LogP contribution >= 0.6 is 0 Å². The van der Waals surface area contributed by atoms with Gasteiger partial charge in [-0.25, -0.2) is 13.2 Å². The first-order chi connectivity index (χ1) is 13.0. The van der Waals surface area contributed by atoms with Crippen molar-refractivity contribution in [3.05, 3.63) is 36.7 Å². The van der Waals surface area contributed by atoms with E-state index in [-0.39, 0.29) is 30.1 Å². The van der Waals surface area contributed by atoms with Crippen LogP contribution in [-0.2, 0) is 14.8 Å². The van der Waals surface area contributed by atoms with E-state index in [2.05, 4.69) is 4.98 Å². The molecule has 0 bridgehead atoms. The number of benzene rings is 1. The minimum Gasteiger partial charge on any atom is -0.444 e. The topological polar surface area (TPSA) is 79.8 Å². The Bertz CT molecular complexity index is 972. The quantitative estimate of drug-likeness (QED) is 0.766. The summed E-state index contributed by atoms with van der Waals surface area (Å²) in [4.78, 5) is 18.3. The average molecular weight is 406 g/mol. The number of hydrogen-bond donors (Lipinski definition) is 0. The number of fused-ring (bicyclic) bond motifs is 1. The highest BCUT2D eigenvalue weighted by atomic mass is 32.2. The molecule has 2 aromatic rings. The lowest BCUT2D eigenvalue weighted by Crippen LogP contribution is -2.60. The molecule has 2 unspecified atom stereocenters. The van der Waals surface area contributed by atoms with Gasteiger partial charge in [-0.1, -0.05) is 6.07 Å². The van der Waals surface area contributed by atoms with Crippen LogP contribution in [0.3, 0.4) is 0 Å². The fourth-order valence-corrected chi connectivity index (χ4v) is 5.44. The van der Waals surface area contributed by atoms with E-state index in [4.69, 9.17) is 4.74 Å². The van der Waals surface area contributed by atoms with Crippen molar-refractivity contribution in [2.45, 2.75) is 57.2 Å². The van der Waals surface area contributed by atoms with E-state index in [0.29, 0.717) is 0 Å². The lowest BCUT2D eigenvalue weighted by Gasteiger charge is -2.43. The molecule has 1 aliphatic heterocycles. The van der Waals surface area contributed by atoms with Gasteiger partial charge in [-0.15, -0.1) is 0 Å². The first-order valence-electron chi connectivity index (χ1n) is 9.34. The fourth-order valence-electron chi connectivity index (χ4n) is 3.60. The van der Waals surface area contributed by atoms with E-state index in [0.717, 1.165) is 10.8 Å². The van der Waals surface area contributed by atoms with Crippen molar-refractivity contribution in [3.8, 4) is 0 Å². The summed E-state index contributed by atoms with van der Waals surface area (Å²) in [6, 6.07) is 6.11. The van der Waals surface area contributed by atoms with Gasteiger partial charge in [-0.05, 0) is 58.2 Å². The van der Waals surface area contributed by atoms with Gasteiger partial charge in [0, 0.05) is 43.0 Å². The number of piperazine rings is 1. The SMILES string of the molecule is CC1CN(C(=O)OC(C)(C)C)CC(C)N1S(=O)(=O)c1ccc2cnccc2c1. The van der Waals surface area contributed by atoms with Crippen molar-refractivity contribution in [1.82, 2.24) is 14.2 Å². The van der Waals surface area contributed by atoms with Crippen molar-refractivity contribution >= 4 is 26.9 Å². The lowest BCUT2D eigenvalue weighted by molar-refractivity contribution is 0.00744. The molecule has 7 nitrogen and oxygen atoms in total. The number of carbonyl (C=O) groups excluding carboxylic acids is 1. The van der Waals surface area contributed by atoms with Crippen LogP contribution in [0.1, 0.15) is 34.6 Å². The van der Waals surface area contributed by atoms with Crippen molar-refractivity contribution in [2.75, 3.05) is 13.1 Å². The van der Waals surface area contributed by atoms with Crippen molar-refractivity contribution in [3.63, 3.8) is 0 Å². The summed E-state index contributed by atoms with van der Waals surface area (Å²) in [6.45, 7) is 9.65. The Hall–Kier alpha value is -2.19. The van der Waals surface area contributed by atoms with Gasteiger partial charge in [0.25, 0.3) is 0 Å². The molecule has 1 aliphatic rings. The Balaban J connectivity index is 1.85. The molecule has 0 aliphatic carbocycles. The predicted octanol–water partition coefficient (Wildman–Crippen LogP) is 3.25. The molecule has 28 heavy (non-hydrogen) atoms. The summed E-state index contributed by atoms with van der Waals surface area (Å²) >= 11 is 0. The molecular formula is C20H27N3O4S. The number of aromatic nitrogens is 1. The molecule has 1 fully saturated rings. The maximum Gasteiger partial charge on any atom is 0.410 e. The zero-order chi connectivity index (χ0) is 20.7. The number of rotatable bonds is 2. The second-order valence-corrected chi connectivity index (χ2v) is 10.1. The molecular weight excluding hydrogens is 378 g/mol. The number of pyridine rings is 1. The summed E-state index contributed by atoms with van der Waals surface area (Å²) in [5, 5.41) is 1.71. The maximum absolute atomic E-state index is 13.3. The molecule has 0 N–H and O–H groups in total. The highest BCUT2D eigenvalue weighted by Crippen LogP contribution is 2.28. The minimum atomic E-state index is -3.70. The largest absolute Gasteiger partial charge is 0.444 e. The number of ether oxygens (including phenoxy) is 1. The molecule has 2 atom stereocenters. The standard InChI is InChI=1S/C20H27N3O4S/c1-14-12-22(19(24)27-20(3,4)5)13-15(2)23(14)28(25,26)18-7-6-17-11-21-9-8-16(17)10-18/h6-11,14-15H,12-13H2,1-5H3. The first-order valence-corrected chi connectivity index (χ1v) is 10.8. The fraction of sp³-hybridized carbons (Fsp3) is 0.500. The van der Waals surface area contributed by atoms with E-state index in [1.807, 2.05) is 34.6 Å². The number of amides is 1. The van der Waals surface area contributed by atoms with Gasteiger partial charge in [0.1, 0.15) is 5.60 Å². The Labute approximate surface area is 166 Å². The third kappa shape index (κ3) is 4.12. The Kier molecular flexibility index (Phi) is 5.38. The van der Waals surface area contributed by atoms with Gasteiger partial charge in [0.2, 0.25) is 10.0 Å². The van der Waals surface area contributed by atoms with E-state index in [1.54, 1.807) is 41.6 Å². The number of nitrogens with zero attached hydrogens (tertiary/aromatic N) is 3. The zero-order valence-electron chi connectivity index (χ0n) is 16.9. The second kappa shape index (κ2) is 7.33. The molecule has 2 heterocycles. The predicted molar refractivity (Wildman–Crippen MR) is 107 cm³/mol. The van der Waals surface area contributed by atoms with Crippen LogP contribution in [0.15, 0.2) is 41.6 Å². The van der Waals surface area contributed by atoms with Gasteiger partial charge in [0.15, 0.2) is 0 Å². The van der Waals surface area contributed by atoms with Gasteiger partial charge >= 0.3 is 6.09 Å². The molecule has 0 saturated carbocycles.